The first-order valence-electron chi connectivity index (χ1n) is 11.1. The minimum atomic E-state index is -0.405. The van der Waals surface area contributed by atoms with Gasteiger partial charge < -0.3 is 25.2 Å². The van der Waals surface area contributed by atoms with Crippen molar-refractivity contribution in [2.24, 2.45) is 0 Å². The third-order valence-corrected chi connectivity index (χ3v) is 5.25. The lowest BCUT2D eigenvalue weighted by molar-refractivity contribution is 0.0943. The fraction of sp³-hybridized carbons (Fsp3) is 0.200. The molecule has 0 aliphatic rings. The van der Waals surface area contributed by atoms with E-state index >= 15 is 0 Å². The van der Waals surface area contributed by atoms with Crippen LogP contribution in [0.3, 0.4) is 0 Å². The van der Waals surface area contributed by atoms with Crippen molar-refractivity contribution in [3.8, 4) is 28.4 Å². The van der Waals surface area contributed by atoms with Crippen LogP contribution < -0.4 is 20.7 Å². The number of carbonyl (C=O) groups is 2. The summed E-state index contributed by atoms with van der Waals surface area (Å²) in [6, 6.07) is 12.7. The molecule has 37 heavy (non-hydrogen) atoms. The third kappa shape index (κ3) is 6.26. The predicted octanol–water partition coefficient (Wildman–Crippen LogP) is 3.13. The molecule has 0 saturated carbocycles. The second-order valence-corrected chi connectivity index (χ2v) is 7.69. The zero-order valence-electron chi connectivity index (χ0n) is 20.4. The van der Waals surface area contributed by atoms with Crippen molar-refractivity contribution in [3.05, 3.63) is 72.0 Å². The maximum absolute atomic E-state index is 13.2. The maximum Gasteiger partial charge on any atom is 0.289 e. The average molecular weight is 524 g/mol. The fourth-order valence-electron chi connectivity index (χ4n) is 3.43. The predicted molar refractivity (Wildman–Crippen MR) is 140 cm³/mol. The Kier molecular flexibility index (Phi) is 9.25. The second-order valence-electron chi connectivity index (χ2n) is 7.69. The van der Waals surface area contributed by atoms with E-state index in [1.807, 2.05) is 30.3 Å². The molecule has 0 saturated heterocycles. The van der Waals surface area contributed by atoms with Gasteiger partial charge in [0.05, 0.1) is 12.8 Å². The number of methoxy groups -OCH3 is 1. The number of aryl methyl sites for hydroxylation is 1. The van der Waals surface area contributed by atoms with E-state index < -0.39 is 5.91 Å². The number of anilines is 1. The number of benzene rings is 1. The van der Waals surface area contributed by atoms with Gasteiger partial charge in [-0.05, 0) is 26.1 Å². The standard InChI is InChI=1S/C25H25N7O4.ClH/c1-15-20(21(32-36-15)16-7-5-4-6-8-16)23(33)30-19-10-9-18(31-25(19)35-3)17-13-28-22(29-14-17)24(34)27-12-11-26-2;/h4-10,13-14,26H,11-12H2,1-3H3,(H,27,34)(H,30,33);1H. The van der Waals surface area contributed by atoms with Crippen LogP contribution in [-0.2, 0) is 0 Å². The summed E-state index contributed by atoms with van der Waals surface area (Å²) in [5, 5.41) is 12.5. The Balaban J connectivity index is 0.00000380. The van der Waals surface area contributed by atoms with Crippen LogP contribution in [0, 0.1) is 6.92 Å². The number of nitrogens with zero attached hydrogens (tertiary/aromatic N) is 4. The number of nitrogens with one attached hydrogen (secondary N) is 3. The van der Waals surface area contributed by atoms with Crippen molar-refractivity contribution in [1.29, 1.82) is 0 Å². The number of rotatable bonds is 9. The summed E-state index contributed by atoms with van der Waals surface area (Å²) in [6.07, 6.45) is 3.01. The zero-order chi connectivity index (χ0) is 25.5. The molecule has 0 atom stereocenters. The van der Waals surface area contributed by atoms with Crippen LogP contribution in [0.2, 0.25) is 0 Å². The van der Waals surface area contributed by atoms with Crippen molar-refractivity contribution in [2.45, 2.75) is 6.92 Å². The van der Waals surface area contributed by atoms with Crippen LogP contribution in [0.4, 0.5) is 5.69 Å². The molecule has 11 nitrogen and oxygen atoms in total. The molecule has 0 aliphatic heterocycles. The number of ether oxygens (including phenoxy) is 1. The highest BCUT2D eigenvalue weighted by atomic mass is 35.5. The summed E-state index contributed by atoms with van der Waals surface area (Å²) in [5.41, 5.74) is 2.99. The van der Waals surface area contributed by atoms with Crippen LogP contribution >= 0.6 is 12.4 Å². The lowest BCUT2D eigenvalue weighted by atomic mass is 10.1. The van der Waals surface area contributed by atoms with E-state index in [2.05, 4.69) is 36.1 Å². The number of amides is 2. The summed E-state index contributed by atoms with van der Waals surface area (Å²) in [6.45, 7) is 2.78. The number of aromatic nitrogens is 4. The van der Waals surface area contributed by atoms with Gasteiger partial charge in [-0.25, -0.2) is 15.0 Å². The van der Waals surface area contributed by atoms with E-state index in [4.69, 9.17) is 9.26 Å². The SMILES string of the molecule is CNCCNC(=O)c1ncc(-c2ccc(NC(=O)c3c(-c4ccccc4)noc3C)c(OC)n2)cn1.Cl. The molecular formula is C25H26ClN7O4. The van der Waals surface area contributed by atoms with Gasteiger partial charge in [0.25, 0.3) is 11.8 Å². The highest BCUT2D eigenvalue weighted by Crippen LogP contribution is 2.29. The highest BCUT2D eigenvalue weighted by molar-refractivity contribution is 6.09. The average Bonchev–Trinajstić information content (AvgIpc) is 3.31. The first kappa shape index (κ1) is 27.2. The molecule has 12 heteroatoms. The number of hydrogen-bond acceptors (Lipinski definition) is 9. The number of halogens is 1. The molecule has 0 unspecified atom stereocenters. The Morgan fingerprint density at radius 2 is 1.70 bits per heavy atom. The van der Waals surface area contributed by atoms with Crippen LogP contribution in [0.5, 0.6) is 5.88 Å². The summed E-state index contributed by atoms with van der Waals surface area (Å²) in [4.78, 5) is 38.0. The minimum Gasteiger partial charge on any atom is -0.479 e. The first-order chi connectivity index (χ1) is 17.5. The van der Waals surface area contributed by atoms with Crippen molar-refractivity contribution >= 4 is 29.9 Å². The van der Waals surface area contributed by atoms with Gasteiger partial charge in [-0.15, -0.1) is 12.4 Å². The molecule has 4 rings (SSSR count). The molecule has 4 aromatic rings. The maximum atomic E-state index is 13.2. The molecule has 0 fully saturated rings. The molecular weight excluding hydrogens is 498 g/mol. The second kappa shape index (κ2) is 12.6. The fourth-order valence-corrected chi connectivity index (χ4v) is 3.43. The van der Waals surface area contributed by atoms with E-state index in [-0.39, 0.29) is 30.0 Å². The Morgan fingerprint density at radius 1 is 0.973 bits per heavy atom. The molecule has 0 spiro atoms. The van der Waals surface area contributed by atoms with Gasteiger partial charge in [-0.1, -0.05) is 35.5 Å². The minimum absolute atomic E-state index is 0. The molecule has 3 N–H and O–H groups in total. The van der Waals surface area contributed by atoms with Gasteiger partial charge in [0.2, 0.25) is 11.7 Å². The quantitative estimate of drug-likeness (QED) is 0.282. The van der Waals surface area contributed by atoms with Crippen LogP contribution in [-0.4, -0.2) is 59.2 Å². The van der Waals surface area contributed by atoms with Gasteiger partial charge in [-0.3, -0.25) is 9.59 Å². The number of likely N-dealkylation sites (N-methyl/N-ethyl adjacent to an activating group) is 1. The Bertz CT molecular complexity index is 1360. The molecule has 192 valence electrons. The van der Waals surface area contributed by atoms with Crippen molar-refractivity contribution in [1.82, 2.24) is 30.7 Å². The van der Waals surface area contributed by atoms with Crippen LogP contribution in [0.1, 0.15) is 26.7 Å². The van der Waals surface area contributed by atoms with E-state index in [1.54, 1.807) is 26.1 Å². The number of carbonyl (C=O) groups excluding carboxylic acids is 2. The zero-order valence-corrected chi connectivity index (χ0v) is 21.3. The molecule has 3 heterocycles. The topological polar surface area (TPSA) is 144 Å². The summed E-state index contributed by atoms with van der Waals surface area (Å²) in [5.74, 6) is -0.118. The van der Waals surface area contributed by atoms with Gasteiger partial charge in [-0.2, -0.15) is 0 Å². The lowest BCUT2D eigenvalue weighted by Gasteiger charge is -2.11. The summed E-state index contributed by atoms with van der Waals surface area (Å²) in [7, 11) is 3.25. The van der Waals surface area contributed by atoms with E-state index in [0.29, 0.717) is 47.1 Å². The van der Waals surface area contributed by atoms with Gasteiger partial charge in [0.1, 0.15) is 22.7 Å². The lowest BCUT2D eigenvalue weighted by Crippen LogP contribution is -2.31. The Labute approximate surface area is 219 Å². The highest BCUT2D eigenvalue weighted by Gasteiger charge is 2.23. The van der Waals surface area contributed by atoms with Gasteiger partial charge in [0.15, 0.2) is 0 Å². The van der Waals surface area contributed by atoms with E-state index in [1.165, 1.54) is 19.5 Å². The molecule has 0 bridgehead atoms. The normalized spacial score (nSPS) is 10.4. The Hall–Kier alpha value is -4.35. The van der Waals surface area contributed by atoms with Crippen LogP contribution in [0.15, 0.2) is 59.4 Å². The molecule has 0 aliphatic carbocycles. The summed E-state index contributed by atoms with van der Waals surface area (Å²) < 4.78 is 10.7. The monoisotopic (exact) mass is 523 g/mol. The van der Waals surface area contributed by atoms with Crippen molar-refractivity contribution < 1.29 is 18.8 Å². The number of hydrogen-bond donors (Lipinski definition) is 3. The first-order valence-corrected chi connectivity index (χ1v) is 11.1. The van der Waals surface area contributed by atoms with Crippen LogP contribution in [0.25, 0.3) is 22.5 Å². The third-order valence-electron chi connectivity index (χ3n) is 5.25. The van der Waals surface area contributed by atoms with E-state index in [0.717, 1.165) is 5.56 Å². The summed E-state index contributed by atoms with van der Waals surface area (Å²) >= 11 is 0. The molecule has 3 aromatic heterocycles. The number of pyridine rings is 1. The largest absolute Gasteiger partial charge is 0.479 e. The van der Waals surface area contributed by atoms with Gasteiger partial charge >= 0.3 is 0 Å². The van der Waals surface area contributed by atoms with Crippen molar-refractivity contribution in [2.75, 3.05) is 32.6 Å². The van der Waals surface area contributed by atoms with Gasteiger partial charge in [0, 0.05) is 36.6 Å². The molecule has 0 radical (unpaired) electrons. The van der Waals surface area contributed by atoms with E-state index in [9.17, 15) is 9.59 Å². The smallest absolute Gasteiger partial charge is 0.289 e. The molecule has 1 aromatic carbocycles. The van der Waals surface area contributed by atoms with Crippen molar-refractivity contribution in [3.63, 3.8) is 0 Å². The Morgan fingerprint density at radius 3 is 2.38 bits per heavy atom. The molecule has 2 amide bonds.